The number of carbonyl (C=O) groups is 1. The van der Waals surface area contributed by atoms with Crippen LogP contribution in [-0.4, -0.2) is 23.0 Å². The van der Waals surface area contributed by atoms with Gasteiger partial charge in [-0.2, -0.15) is 13.2 Å². The number of anilines is 1. The number of rotatable bonds is 2. The van der Waals surface area contributed by atoms with Crippen LogP contribution in [-0.2, 0) is 13.0 Å². The van der Waals surface area contributed by atoms with Gasteiger partial charge in [0.25, 0.3) is 0 Å². The molecule has 0 atom stereocenters. The first kappa shape index (κ1) is 16.7. The smallest absolute Gasteiger partial charge is 0.320 e. The zero-order valence-corrected chi connectivity index (χ0v) is 13.5. The lowest BCUT2D eigenvalue weighted by molar-refractivity contribution is -0.0328. The molecule has 3 rings (SSSR count). The van der Waals surface area contributed by atoms with Crippen molar-refractivity contribution < 1.29 is 18.0 Å². The molecule has 0 unspecified atom stereocenters. The molecule has 0 aliphatic carbocycles. The standard InChI is InChI=1S/C17H15F3N2OS/c18-17(19,20)24-15-7-5-14(6-8-15)21-16(23)22-10-9-12-3-1-2-4-13(12)11-22/h1-8H,9-11H2,(H,21,23). The number of halogens is 3. The zero-order chi connectivity index (χ0) is 17.2. The van der Waals surface area contributed by atoms with Crippen LogP contribution < -0.4 is 5.32 Å². The summed E-state index contributed by atoms with van der Waals surface area (Å²) in [6.45, 7) is 1.15. The van der Waals surface area contributed by atoms with Crippen LogP contribution in [0, 0.1) is 0 Å². The van der Waals surface area contributed by atoms with E-state index in [0.717, 1.165) is 12.0 Å². The maximum atomic E-state index is 12.3. The van der Waals surface area contributed by atoms with Crippen molar-refractivity contribution in [3.05, 3.63) is 59.7 Å². The highest BCUT2D eigenvalue weighted by Crippen LogP contribution is 2.37. The van der Waals surface area contributed by atoms with E-state index in [1.54, 1.807) is 4.90 Å². The van der Waals surface area contributed by atoms with E-state index in [1.807, 2.05) is 18.2 Å². The van der Waals surface area contributed by atoms with Gasteiger partial charge in [-0.25, -0.2) is 4.79 Å². The Kier molecular flexibility index (Phi) is 4.71. The van der Waals surface area contributed by atoms with Crippen molar-refractivity contribution in [2.75, 3.05) is 11.9 Å². The van der Waals surface area contributed by atoms with Crippen LogP contribution in [0.25, 0.3) is 0 Å². The van der Waals surface area contributed by atoms with E-state index in [-0.39, 0.29) is 22.7 Å². The molecule has 1 aliphatic rings. The molecule has 2 aromatic rings. The number of amides is 2. The van der Waals surface area contributed by atoms with Gasteiger partial charge in [0, 0.05) is 23.7 Å². The predicted octanol–water partition coefficient (Wildman–Crippen LogP) is 4.89. The fourth-order valence-electron chi connectivity index (χ4n) is 2.61. The quantitative estimate of drug-likeness (QED) is 0.781. The lowest BCUT2D eigenvalue weighted by atomic mass is 10.0. The molecule has 0 saturated carbocycles. The van der Waals surface area contributed by atoms with E-state index < -0.39 is 5.51 Å². The van der Waals surface area contributed by atoms with E-state index in [2.05, 4.69) is 11.4 Å². The SMILES string of the molecule is O=C(Nc1ccc(SC(F)(F)F)cc1)N1CCc2ccccc2C1. The summed E-state index contributed by atoms with van der Waals surface area (Å²) in [5.74, 6) is 0. The van der Waals surface area contributed by atoms with Crippen LogP contribution in [0.3, 0.4) is 0 Å². The number of alkyl halides is 3. The fourth-order valence-corrected chi connectivity index (χ4v) is 3.15. The molecule has 1 heterocycles. The number of hydrogen-bond donors (Lipinski definition) is 1. The normalized spacial score (nSPS) is 14.2. The number of nitrogens with one attached hydrogen (secondary N) is 1. The molecule has 2 aromatic carbocycles. The topological polar surface area (TPSA) is 32.3 Å². The average molecular weight is 352 g/mol. The number of hydrogen-bond acceptors (Lipinski definition) is 2. The molecule has 24 heavy (non-hydrogen) atoms. The Morgan fingerprint density at radius 3 is 2.38 bits per heavy atom. The maximum Gasteiger partial charge on any atom is 0.446 e. The minimum Gasteiger partial charge on any atom is -0.320 e. The Balaban J connectivity index is 1.61. The van der Waals surface area contributed by atoms with Gasteiger partial charge in [0.2, 0.25) is 0 Å². The molecule has 0 aromatic heterocycles. The molecular formula is C17H15F3N2OS. The number of benzene rings is 2. The summed E-state index contributed by atoms with van der Waals surface area (Å²) in [6, 6.07) is 13.4. The van der Waals surface area contributed by atoms with E-state index in [1.165, 1.54) is 29.8 Å². The van der Waals surface area contributed by atoms with E-state index in [0.29, 0.717) is 18.8 Å². The van der Waals surface area contributed by atoms with Gasteiger partial charge in [-0.05, 0) is 53.6 Å². The van der Waals surface area contributed by atoms with Crippen molar-refractivity contribution in [2.45, 2.75) is 23.4 Å². The third-order valence-electron chi connectivity index (χ3n) is 3.76. The largest absolute Gasteiger partial charge is 0.446 e. The van der Waals surface area contributed by atoms with Gasteiger partial charge in [-0.15, -0.1) is 0 Å². The molecule has 126 valence electrons. The van der Waals surface area contributed by atoms with E-state index in [9.17, 15) is 18.0 Å². The van der Waals surface area contributed by atoms with Crippen LogP contribution in [0.1, 0.15) is 11.1 Å². The molecule has 3 nitrogen and oxygen atoms in total. The number of urea groups is 1. The molecule has 0 bridgehead atoms. The van der Waals surface area contributed by atoms with E-state index in [4.69, 9.17) is 0 Å². The second-order valence-corrected chi connectivity index (χ2v) is 6.58. The van der Waals surface area contributed by atoms with Crippen molar-refractivity contribution in [1.82, 2.24) is 4.90 Å². The second-order valence-electron chi connectivity index (χ2n) is 5.44. The van der Waals surface area contributed by atoms with Crippen LogP contribution in [0.4, 0.5) is 23.7 Å². The molecule has 1 aliphatic heterocycles. The summed E-state index contributed by atoms with van der Waals surface area (Å²) < 4.78 is 36.9. The molecule has 1 N–H and O–H groups in total. The van der Waals surface area contributed by atoms with Gasteiger partial charge < -0.3 is 10.2 Å². The summed E-state index contributed by atoms with van der Waals surface area (Å²) in [4.78, 5) is 14.1. The first-order chi connectivity index (χ1) is 11.4. The molecule has 0 fully saturated rings. The third kappa shape index (κ3) is 4.23. The van der Waals surface area contributed by atoms with Gasteiger partial charge in [-0.1, -0.05) is 24.3 Å². The number of fused-ring (bicyclic) bond motifs is 1. The maximum absolute atomic E-state index is 12.3. The fraction of sp³-hybridized carbons (Fsp3) is 0.235. The first-order valence-corrected chi connectivity index (χ1v) is 8.21. The van der Waals surface area contributed by atoms with Crippen molar-refractivity contribution in [3.8, 4) is 0 Å². The first-order valence-electron chi connectivity index (χ1n) is 7.39. The summed E-state index contributed by atoms with van der Waals surface area (Å²) in [6.07, 6.45) is 0.796. The lowest BCUT2D eigenvalue weighted by Crippen LogP contribution is -2.38. The predicted molar refractivity (Wildman–Crippen MR) is 87.9 cm³/mol. The van der Waals surface area contributed by atoms with E-state index >= 15 is 0 Å². The zero-order valence-electron chi connectivity index (χ0n) is 12.6. The highest BCUT2D eigenvalue weighted by atomic mass is 32.2. The molecule has 0 radical (unpaired) electrons. The summed E-state index contributed by atoms with van der Waals surface area (Å²) in [5.41, 5.74) is -1.47. The number of carbonyl (C=O) groups excluding carboxylic acids is 1. The Morgan fingerprint density at radius 1 is 1.04 bits per heavy atom. The van der Waals surface area contributed by atoms with Gasteiger partial charge in [-0.3, -0.25) is 0 Å². The monoisotopic (exact) mass is 352 g/mol. The van der Waals surface area contributed by atoms with Crippen LogP contribution in [0.2, 0.25) is 0 Å². The third-order valence-corrected chi connectivity index (χ3v) is 4.50. The minimum atomic E-state index is -4.31. The van der Waals surface area contributed by atoms with Crippen LogP contribution in [0.5, 0.6) is 0 Å². The Bertz CT molecular complexity index is 731. The van der Waals surface area contributed by atoms with Crippen molar-refractivity contribution >= 4 is 23.5 Å². The van der Waals surface area contributed by atoms with Crippen LogP contribution in [0.15, 0.2) is 53.4 Å². The Labute approximate surface area is 141 Å². The second kappa shape index (κ2) is 6.76. The van der Waals surface area contributed by atoms with Crippen molar-refractivity contribution in [3.63, 3.8) is 0 Å². The molecular weight excluding hydrogens is 337 g/mol. The summed E-state index contributed by atoms with van der Waals surface area (Å²) in [7, 11) is 0. The average Bonchev–Trinajstić information content (AvgIpc) is 2.55. The van der Waals surface area contributed by atoms with Gasteiger partial charge in [0.15, 0.2) is 0 Å². The molecule has 7 heteroatoms. The van der Waals surface area contributed by atoms with Gasteiger partial charge in [0.05, 0.1) is 0 Å². The number of nitrogens with zero attached hydrogens (tertiary/aromatic N) is 1. The molecule has 0 saturated heterocycles. The minimum absolute atomic E-state index is 0.0902. The van der Waals surface area contributed by atoms with Gasteiger partial charge >= 0.3 is 11.5 Å². The van der Waals surface area contributed by atoms with Crippen molar-refractivity contribution in [1.29, 1.82) is 0 Å². The van der Waals surface area contributed by atoms with Crippen molar-refractivity contribution in [2.24, 2.45) is 0 Å². The lowest BCUT2D eigenvalue weighted by Gasteiger charge is -2.29. The summed E-state index contributed by atoms with van der Waals surface area (Å²) >= 11 is -0.174. The number of thioether (sulfide) groups is 1. The Hall–Kier alpha value is -2.15. The highest BCUT2D eigenvalue weighted by molar-refractivity contribution is 8.00. The highest BCUT2D eigenvalue weighted by Gasteiger charge is 2.29. The molecule has 2 amide bonds. The summed E-state index contributed by atoms with van der Waals surface area (Å²) in [5, 5.41) is 2.73. The molecule has 0 spiro atoms. The Morgan fingerprint density at radius 2 is 1.71 bits per heavy atom. The van der Waals surface area contributed by atoms with Gasteiger partial charge in [0.1, 0.15) is 0 Å². The van der Waals surface area contributed by atoms with Crippen LogP contribution >= 0.6 is 11.8 Å².